The summed E-state index contributed by atoms with van der Waals surface area (Å²) < 4.78 is 4.13. The van der Waals surface area contributed by atoms with Crippen molar-refractivity contribution < 1.29 is 4.79 Å². The van der Waals surface area contributed by atoms with Crippen molar-refractivity contribution in [3.05, 3.63) is 59.2 Å². The van der Waals surface area contributed by atoms with Crippen LogP contribution in [-0.4, -0.2) is 31.0 Å². The Morgan fingerprint density at radius 2 is 2.00 bits per heavy atom. The molecule has 2 aromatic heterocycles. The Kier molecular flexibility index (Phi) is 5.83. The monoisotopic (exact) mass is 439 g/mol. The molecule has 0 aliphatic carbocycles. The first-order valence-corrected chi connectivity index (χ1v) is 11.0. The molecule has 0 saturated heterocycles. The van der Waals surface area contributed by atoms with Crippen LogP contribution >= 0.6 is 23.4 Å². The van der Waals surface area contributed by atoms with E-state index >= 15 is 0 Å². The molecule has 8 heteroatoms. The van der Waals surface area contributed by atoms with Crippen LogP contribution in [0.3, 0.4) is 0 Å². The van der Waals surface area contributed by atoms with Crippen LogP contribution in [0.2, 0.25) is 5.02 Å². The third-order valence-corrected chi connectivity index (χ3v) is 6.42. The number of rotatable bonds is 6. The van der Waals surface area contributed by atoms with Gasteiger partial charge < -0.3 is 14.5 Å². The van der Waals surface area contributed by atoms with Gasteiger partial charge in [0.2, 0.25) is 5.91 Å². The molecule has 0 bridgehead atoms. The second-order valence-electron chi connectivity index (χ2n) is 7.01. The molecular weight excluding hydrogens is 418 g/mol. The summed E-state index contributed by atoms with van der Waals surface area (Å²) in [5, 5.41) is 14.0. The molecule has 2 aromatic carbocycles. The summed E-state index contributed by atoms with van der Waals surface area (Å²) in [6.45, 7) is 4.92. The van der Waals surface area contributed by atoms with Gasteiger partial charge in [0.1, 0.15) is 0 Å². The number of thioether (sulfide) groups is 1. The number of nitrogens with zero attached hydrogens (tertiary/aromatic N) is 4. The Morgan fingerprint density at radius 1 is 1.20 bits per heavy atom. The van der Waals surface area contributed by atoms with Crippen LogP contribution in [0.1, 0.15) is 12.5 Å². The smallest absolute Gasteiger partial charge is 0.234 e. The van der Waals surface area contributed by atoms with Gasteiger partial charge in [-0.15, -0.1) is 10.2 Å². The fourth-order valence-corrected chi connectivity index (χ4v) is 4.25. The molecule has 0 spiro atoms. The molecule has 2 heterocycles. The minimum absolute atomic E-state index is 0.118. The number of carbonyl (C=O) groups excluding carboxylic acids is 1. The van der Waals surface area contributed by atoms with E-state index in [-0.39, 0.29) is 11.7 Å². The van der Waals surface area contributed by atoms with Crippen LogP contribution in [0, 0.1) is 6.92 Å². The molecule has 154 valence electrons. The first-order valence-electron chi connectivity index (χ1n) is 9.64. The summed E-state index contributed by atoms with van der Waals surface area (Å²) in [4.78, 5) is 12.4. The molecule has 1 amide bonds. The van der Waals surface area contributed by atoms with Gasteiger partial charge in [0.05, 0.1) is 5.75 Å². The van der Waals surface area contributed by atoms with E-state index in [0.29, 0.717) is 15.9 Å². The van der Waals surface area contributed by atoms with Crippen LogP contribution in [0.15, 0.2) is 53.8 Å². The number of fused-ring (bicyclic) bond motifs is 1. The van der Waals surface area contributed by atoms with E-state index < -0.39 is 0 Å². The van der Waals surface area contributed by atoms with E-state index in [1.165, 1.54) is 17.3 Å². The molecule has 0 radical (unpaired) electrons. The molecule has 0 fully saturated rings. The van der Waals surface area contributed by atoms with Gasteiger partial charge in [-0.1, -0.05) is 47.6 Å². The van der Waals surface area contributed by atoms with Gasteiger partial charge in [-0.2, -0.15) is 0 Å². The lowest BCUT2D eigenvalue weighted by molar-refractivity contribution is -0.113. The van der Waals surface area contributed by atoms with Crippen LogP contribution in [0.4, 0.5) is 5.69 Å². The van der Waals surface area contributed by atoms with Gasteiger partial charge >= 0.3 is 0 Å². The van der Waals surface area contributed by atoms with Gasteiger partial charge in [-0.25, -0.2) is 0 Å². The second-order valence-corrected chi connectivity index (χ2v) is 8.36. The SMILES string of the molecule is CCn1cc(-c2nnc(SCC(=O)Nc3ccc(C)c(Cl)c3)n2C)c2ccccc21. The average Bonchev–Trinajstić information content (AvgIpc) is 3.29. The van der Waals surface area contributed by atoms with Crippen molar-refractivity contribution in [2.45, 2.75) is 25.5 Å². The zero-order chi connectivity index (χ0) is 21.3. The first kappa shape index (κ1) is 20.5. The van der Waals surface area contributed by atoms with Crippen LogP contribution in [0.5, 0.6) is 0 Å². The molecule has 0 unspecified atom stereocenters. The van der Waals surface area contributed by atoms with Crippen LogP contribution < -0.4 is 5.32 Å². The second kappa shape index (κ2) is 8.53. The maximum atomic E-state index is 12.4. The van der Waals surface area contributed by atoms with Crippen molar-refractivity contribution in [1.29, 1.82) is 0 Å². The lowest BCUT2D eigenvalue weighted by Gasteiger charge is -2.07. The predicted molar refractivity (Wildman–Crippen MR) is 123 cm³/mol. The highest BCUT2D eigenvalue weighted by molar-refractivity contribution is 7.99. The Hall–Kier alpha value is -2.77. The maximum absolute atomic E-state index is 12.4. The van der Waals surface area contributed by atoms with Crippen molar-refractivity contribution in [1.82, 2.24) is 19.3 Å². The first-order chi connectivity index (χ1) is 14.5. The molecule has 0 aliphatic rings. The number of para-hydroxylation sites is 1. The predicted octanol–water partition coefficient (Wildman–Crippen LogP) is 5.15. The largest absolute Gasteiger partial charge is 0.347 e. The quantitative estimate of drug-likeness (QED) is 0.422. The number of anilines is 1. The molecule has 0 saturated carbocycles. The molecule has 0 atom stereocenters. The van der Waals surface area contributed by atoms with E-state index in [1.54, 1.807) is 6.07 Å². The van der Waals surface area contributed by atoms with E-state index in [1.807, 2.05) is 42.8 Å². The fourth-order valence-electron chi connectivity index (χ4n) is 3.36. The Balaban J connectivity index is 1.50. The number of nitrogens with one attached hydrogen (secondary N) is 1. The van der Waals surface area contributed by atoms with Gasteiger partial charge in [0.25, 0.3) is 0 Å². The Bertz CT molecular complexity index is 1230. The number of aromatic nitrogens is 4. The van der Waals surface area contributed by atoms with Crippen molar-refractivity contribution in [3.8, 4) is 11.4 Å². The van der Waals surface area contributed by atoms with Gasteiger partial charge in [-0.3, -0.25) is 4.79 Å². The van der Waals surface area contributed by atoms with E-state index in [4.69, 9.17) is 11.6 Å². The Labute approximate surface area is 184 Å². The zero-order valence-electron chi connectivity index (χ0n) is 17.0. The third-order valence-electron chi connectivity index (χ3n) is 4.99. The van der Waals surface area contributed by atoms with Crippen LogP contribution in [0.25, 0.3) is 22.3 Å². The zero-order valence-corrected chi connectivity index (χ0v) is 18.6. The molecule has 4 rings (SSSR count). The molecule has 0 aliphatic heterocycles. The molecule has 4 aromatic rings. The highest BCUT2D eigenvalue weighted by atomic mass is 35.5. The number of aryl methyl sites for hydroxylation is 2. The van der Waals surface area contributed by atoms with Crippen molar-refractivity contribution in [2.24, 2.45) is 7.05 Å². The molecule has 1 N–H and O–H groups in total. The summed E-state index contributed by atoms with van der Waals surface area (Å²) >= 11 is 7.48. The minimum atomic E-state index is -0.118. The summed E-state index contributed by atoms with van der Waals surface area (Å²) in [5.74, 6) is 0.896. The van der Waals surface area contributed by atoms with Crippen molar-refractivity contribution in [3.63, 3.8) is 0 Å². The fraction of sp³-hybridized carbons (Fsp3) is 0.227. The lowest BCUT2D eigenvalue weighted by atomic mass is 10.1. The van der Waals surface area contributed by atoms with Crippen molar-refractivity contribution >= 4 is 45.9 Å². The van der Waals surface area contributed by atoms with Gasteiger partial charge in [-0.05, 0) is 37.6 Å². The number of benzene rings is 2. The number of halogens is 1. The molecule has 30 heavy (non-hydrogen) atoms. The van der Waals surface area contributed by atoms with Gasteiger partial charge in [0.15, 0.2) is 11.0 Å². The van der Waals surface area contributed by atoms with E-state index in [9.17, 15) is 4.79 Å². The number of carbonyl (C=O) groups is 1. The molecular formula is C22H22ClN5OS. The maximum Gasteiger partial charge on any atom is 0.234 e. The van der Waals surface area contributed by atoms with Crippen LogP contribution in [-0.2, 0) is 18.4 Å². The summed E-state index contributed by atoms with van der Waals surface area (Å²) in [7, 11) is 1.92. The standard InChI is InChI=1S/C22H22ClN5OS/c1-4-28-12-17(16-7-5-6-8-19(16)28)21-25-26-22(27(21)3)30-13-20(29)24-15-10-9-14(2)18(23)11-15/h5-12H,4,13H2,1-3H3,(H,24,29). The number of hydrogen-bond donors (Lipinski definition) is 1. The van der Waals surface area contributed by atoms with E-state index in [0.717, 1.165) is 28.9 Å². The van der Waals surface area contributed by atoms with E-state index in [2.05, 4.69) is 45.3 Å². The minimum Gasteiger partial charge on any atom is -0.347 e. The highest BCUT2D eigenvalue weighted by Gasteiger charge is 2.17. The lowest BCUT2D eigenvalue weighted by Crippen LogP contribution is -2.14. The number of hydrogen-bond acceptors (Lipinski definition) is 4. The third kappa shape index (κ3) is 3.95. The van der Waals surface area contributed by atoms with Gasteiger partial charge in [0, 0.05) is 47.0 Å². The summed E-state index contributed by atoms with van der Waals surface area (Å²) in [6, 6.07) is 13.7. The topological polar surface area (TPSA) is 64.7 Å². The highest BCUT2D eigenvalue weighted by Crippen LogP contribution is 2.31. The Morgan fingerprint density at radius 3 is 2.77 bits per heavy atom. The molecule has 6 nitrogen and oxygen atoms in total. The number of amides is 1. The normalized spacial score (nSPS) is 11.2. The summed E-state index contributed by atoms with van der Waals surface area (Å²) in [6.07, 6.45) is 2.11. The average molecular weight is 440 g/mol. The van der Waals surface area contributed by atoms with Crippen molar-refractivity contribution in [2.75, 3.05) is 11.1 Å². The summed E-state index contributed by atoms with van der Waals surface area (Å²) in [5.41, 5.74) is 3.86.